The summed E-state index contributed by atoms with van der Waals surface area (Å²) in [5.41, 5.74) is 11.5. The molecule has 5 heteroatoms. The molecule has 0 spiro atoms. The first-order valence-corrected chi connectivity index (χ1v) is 7.90. The zero-order valence-corrected chi connectivity index (χ0v) is 13.4. The molecule has 0 aliphatic heterocycles. The molecular formula is C17H22N4O. The lowest BCUT2D eigenvalue weighted by Crippen LogP contribution is -2.35. The number of hydrogen-bond acceptors (Lipinski definition) is 2. The standard InChI is InChI=1S/C17H22N4O/c1-17(2)9-8-15(21(3)12-5-6-12)13-7-4-11(10-14(13)17)16(22)19-20-18/h4,7,10,12,15H,5-6,8-9H2,1-3H3. The van der Waals surface area contributed by atoms with Crippen LogP contribution in [0.4, 0.5) is 0 Å². The highest BCUT2D eigenvalue weighted by Gasteiger charge is 2.38. The molecule has 2 aliphatic carbocycles. The van der Waals surface area contributed by atoms with Gasteiger partial charge in [0, 0.05) is 22.6 Å². The quantitative estimate of drug-likeness (QED) is 0.473. The third-order valence-electron chi connectivity index (χ3n) is 5.18. The van der Waals surface area contributed by atoms with Gasteiger partial charge in [-0.05, 0) is 66.0 Å². The molecule has 1 aromatic rings. The predicted molar refractivity (Wildman–Crippen MR) is 85.7 cm³/mol. The fourth-order valence-corrected chi connectivity index (χ4v) is 3.61. The maximum Gasteiger partial charge on any atom is 0.249 e. The first kappa shape index (κ1) is 15.1. The van der Waals surface area contributed by atoms with Crippen molar-refractivity contribution < 1.29 is 4.79 Å². The fourth-order valence-electron chi connectivity index (χ4n) is 3.61. The molecule has 1 aromatic carbocycles. The minimum atomic E-state index is -0.501. The fraction of sp³-hybridized carbons (Fsp3) is 0.588. The van der Waals surface area contributed by atoms with Gasteiger partial charge in [-0.25, -0.2) is 0 Å². The topological polar surface area (TPSA) is 69.1 Å². The molecule has 0 radical (unpaired) electrons. The third kappa shape index (κ3) is 2.62. The van der Waals surface area contributed by atoms with Gasteiger partial charge in [0.1, 0.15) is 0 Å². The third-order valence-corrected chi connectivity index (χ3v) is 5.18. The predicted octanol–water partition coefficient (Wildman–Crippen LogP) is 4.34. The van der Waals surface area contributed by atoms with Crippen molar-refractivity contribution in [2.24, 2.45) is 5.11 Å². The molecular weight excluding hydrogens is 276 g/mol. The normalized spacial score (nSPS) is 22.8. The van der Waals surface area contributed by atoms with E-state index in [4.69, 9.17) is 5.53 Å². The SMILES string of the molecule is CN(C1CC1)C1CCC(C)(C)c2cc(C(=O)N=[N+]=[N-])ccc21. The summed E-state index contributed by atoms with van der Waals surface area (Å²) in [6.07, 6.45) is 4.83. The Morgan fingerprint density at radius 2 is 2.09 bits per heavy atom. The van der Waals surface area contributed by atoms with E-state index in [0.717, 1.165) is 12.8 Å². The van der Waals surface area contributed by atoms with Crippen molar-refractivity contribution in [3.05, 3.63) is 45.3 Å². The van der Waals surface area contributed by atoms with Crippen LogP contribution in [0.15, 0.2) is 23.3 Å². The summed E-state index contributed by atoms with van der Waals surface area (Å²) >= 11 is 0. The average Bonchev–Trinajstić information content (AvgIpc) is 3.31. The Hall–Kier alpha value is -1.84. The second-order valence-corrected chi connectivity index (χ2v) is 7.13. The summed E-state index contributed by atoms with van der Waals surface area (Å²) < 4.78 is 0. The van der Waals surface area contributed by atoms with Gasteiger partial charge in [-0.15, -0.1) is 0 Å². The van der Waals surface area contributed by atoms with E-state index in [-0.39, 0.29) is 5.41 Å². The minimum absolute atomic E-state index is 0.0445. The van der Waals surface area contributed by atoms with Crippen LogP contribution in [-0.2, 0) is 5.41 Å². The van der Waals surface area contributed by atoms with Gasteiger partial charge in [-0.1, -0.05) is 26.0 Å². The first-order chi connectivity index (χ1) is 10.4. The molecule has 0 bridgehead atoms. The smallest absolute Gasteiger partial charge is 0.249 e. The Labute approximate surface area is 130 Å². The molecule has 1 amide bonds. The number of azide groups is 1. The molecule has 1 saturated carbocycles. The maximum atomic E-state index is 11.8. The molecule has 1 atom stereocenters. The van der Waals surface area contributed by atoms with Gasteiger partial charge in [0.25, 0.3) is 0 Å². The van der Waals surface area contributed by atoms with Gasteiger partial charge < -0.3 is 0 Å². The van der Waals surface area contributed by atoms with Crippen molar-refractivity contribution >= 4 is 5.91 Å². The lowest BCUT2D eigenvalue weighted by Gasteiger charge is -2.41. The highest BCUT2D eigenvalue weighted by Crippen LogP contribution is 2.46. The van der Waals surface area contributed by atoms with Crippen LogP contribution in [0.25, 0.3) is 10.4 Å². The molecule has 5 nitrogen and oxygen atoms in total. The molecule has 116 valence electrons. The van der Waals surface area contributed by atoms with Crippen LogP contribution < -0.4 is 0 Å². The summed E-state index contributed by atoms with van der Waals surface area (Å²) in [6, 6.07) is 6.92. The van der Waals surface area contributed by atoms with E-state index in [9.17, 15) is 4.79 Å². The van der Waals surface area contributed by atoms with Gasteiger partial charge in [-0.2, -0.15) is 0 Å². The van der Waals surface area contributed by atoms with Crippen molar-refractivity contribution in [3.63, 3.8) is 0 Å². The summed E-state index contributed by atoms with van der Waals surface area (Å²) in [7, 11) is 2.21. The van der Waals surface area contributed by atoms with Crippen molar-refractivity contribution in [3.8, 4) is 0 Å². The number of hydrogen-bond donors (Lipinski definition) is 0. The van der Waals surface area contributed by atoms with Crippen molar-refractivity contribution in [1.82, 2.24) is 4.90 Å². The van der Waals surface area contributed by atoms with Gasteiger partial charge >= 0.3 is 0 Å². The average molecular weight is 298 g/mol. The molecule has 0 heterocycles. The lowest BCUT2D eigenvalue weighted by molar-refractivity contribution is 0.1000. The lowest BCUT2D eigenvalue weighted by atomic mass is 9.70. The van der Waals surface area contributed by atoms with Crippen LogP contribution in [0.1, 0.15) is 67.1 Å². The summed E-state index contributed by atoms with van der Waals surface area (Å²) in [4.78, 5) is 16.9. The van der Waals surface area contributed by atoms with E-state index < -0.39 is 5.91 Å². The van der Waals surface area contributed by atoms with Crippen LogP contribution in [0, 0.1) is 0 Å². The molecule has 0 N–H and O–H groups in total. The number of fused-ring (bicyclic) bond motifs is 1. The van der Waals surface area contributed by atoms with E-state index in [1.165, 1.54) is 24.0 Å². The van der Waals surface area contributed by atoms with Gasteiger partial charge in [0.05, 0.1) is 0 Å². The summed E-state index contributed by atoms with van der Waals surface area (Å²) in [5.74, 6) is -0.501. The van der Waals surface area contributed by atoms with E-state index >= 15 is 0 Å². The van der Waals surface area contributed by atoms with Gasteiger partial charge in [0.15, 0.2) is 0 Å². The Morgan fingerprint density at radius 1 is 1.36 bits per heavy atom. The second-order valence-electron chi connectivity index (χ2n) is 7.13. The van der Waals surface area contributed by atoms with Crippen LogP contribution in [0.3, 0.4) is 0 Å². The van der Waals surface area contributed by atoms with Gasteiger partial charge in [0.2, 0.25) is 5.91 Å². The van der Waals surface area contributed by atoms with E-state index in [2.05, 4.69) is 41.9 Å². The zero-order valence-electron chi connectivity index (χ0n) is 13.4. The Bertz CT molecular complexity index is 657. The number of carbonyl (C=O) groups is 1. The molecule has 22 heavy (non-hydrogen) atoms. The Morgan fingerprint density at radius 3 is 2.73 bits per heavy atom. The number of amides is 1. The molecule has 0 aromatic heterocycles. The second kappa shape index (κ2) is 5.41. The molecule has 1 fully saturated rings. The monoisotopic (exact) mass is 298 g/mol. The summed E-state index contributed by atoms with van der Waals surface area (Å²) in [6.45, 7) is 4.45. The van der Waals surface area contributed by atoms with Crippen molar-refractivity contribution in [2.45, 2.75) is 57.0 Å². The van der Waals surface area contributed by atoms with Crippen molar-refractivity contribution in [2.75, 3.05) is 7.05 Å². The van der Waals surface area contributed by atoms with Crippen LogP contribution >= 0.6 is 0 Å². The van der Waals surface area contributed by atoms with Crippen LogP contribution in [0.2, 0.25) is 0 Å². The number of benzene rings is 1. The zero-order chi connectivity index (χ0) is 15.9. The Balaban J connectivity index is 2.02. The molecule has 2 aliphatic rings. The molecule has 1 unspecified atom stereocenters. The van der Waals surface area contributed by atoms with Crippen LogP contribution in [-0.4, -0.2) is 23.9 Å². The van der Waals surface area contributed by atoms with E-state index in [0.29, 0.717) is 17.6 Å². The number of rotatable bonds is 3. The number of nitrogens with zero attached hydrogens (tertiary/aromatic N) is 4. The highest BCUT2D eigenvalue weighted by atomic mass is 16.1. The minimum Gasteiger partial charge on any atom is -0.296 e. The maximum absolute atomic E-state index is 11.8. The highest BCUT2D eigenvalue weighted by molar-refractivity contribution is 5.95. The van der Waals surface area contributed by atoms with Gasteiger partial charge in [-0.3, -0.25) is 9.69 Å². The molecule has 3 rings (SSSR count). The largest absolute Gasteiger partial charge is 0.296 e. The first-order valence-electron chi connectivity index (χ1n) is 7.90. The van der Waals surface area contributed by atoms with E-state index in [1.54, 1.807) is 6.07 Å². The summed E-state index contributed by atoms with van der Waals surface area (Å²) in [5, 5.41) is 3.22. The van der Waals surface area contributed by atoms with Crippen LogP contribution in [0.5, 0.6) is 0 Å². The Kier molecular flexibility index (Phi) is 3.71. The van der Waals surface area contributed by atoms with Crippen molar-refractivity contribution in [1.29, 1.82) is 0 Å². The number of carbonyl (C=O) groups excluding carboxylic acids is 1. The molecule has 0 saturated heterocycles. The van der Waals surface area contributed by atoms with E-state index in [1.807, 2.05) is 6.07 Å².